The third kappa shape index (κ3) is 10.8. The van der Waals surface area contributed by atoms with Gasteiger partial charge < -0.3 is 9.55 Å². The van der Waals surface area contributed by atoms with E-state index >= 15 is 0 Å². The summed E-state index contributed by atoms with van der Waals surface area (Å²) in [5.74, 6) is 0.733. The SMILES string of the molecule is CCCCCCCC(BN(C1CC(CCC)OC1=O)C(C)(C)CC)CCCCCCC. The highest BCUT2D eigenvalue weighted by Gasteiger charge is 2.43. The first-order valence-corrected chi connectivity index (χ1v) is 13.9. The number of rotatable bonds is 19. The zero-order valence-electron chi connectivity index (χ0n) is 22.0. The van der Waals surface area contributed by atoms with Gasteiger partial charge in [-0.25, -0.2) is 0 Å². The van der Waals surface area contributed by atoms with Crippen molar-refractivity contribution in [3.05, 3.63) is 0 Å². The molecule has 1 aliphatic heterocycles. The number of carbonyl (C=O) groups is 1. The normalized spacial score (nSPS) is 19.4. The lowest BCUT2D eigenvalue weighted by molar-refractivity contribution is -0.145. The second-order valence-corrected chi connectivity index (χ2v) is 10.7. The highest BCUT2D eigenvalue weighted by atomic mass is 16.6. The zero-order valence-corrected chi connectivity index (χ0v) is 22.0. The standard InChI is InChI=1S/C27H54BNO2/c1-7-11-13-15-17-20-23(21-18-16-14-12-8-2)28-29(27(5,6)10-4)25-22-24(19-9-3)31-26(25)30/h23-25,28H,7-22H2,1-6H3. The van der Waals surface area contributed by atoms with Crippen molar-refractivity contribution in [2.75, 3.05) is 0 Å². The molecular formula is C27H54BNO2. The maximum atomic E-state index is 12.8. The van der Waals surface area contributed by atoms with Crippen LogP contribution in [0.4, 0.5) is 0 Å². The average Bonchev–Trinajstić information content (AvgIpc) is 3.10. The summed E-state index contributed by atoms with van der Waals surface area (Å²) in [6, 6.07) is -0.0471. The number of ether oxygens (including phenoxy) is 1. The molecule has 31 heavy (non-hydrogen) atoms. The molecule has 0 aromatic heterocycles. The fraction of sp³-hybridized carbons (Fsp3) is 0.963. The van der Waals surface area contributed by atoms with Gasteiger partial charge in [0.05, 0.1) is 0 Å². The molecule has 3 nitrogen and oxygen atoms in total. The smallest absolute Gasteiger partial charge is 0.322 e. The molecule has 1 fully saturated rings. The van der Waals surface area contributed by atoms with Crippen LogP contribution in [0.2, 0.25) is 5.82 Å². The van der Waals surface area contributed by atoms with E-state index in [1.165, 1.54) is 77.0 Å². The molecule has 0 N–H and O–H groups in total. The number of hydrogen-bond acceptors (Lipinski definition) is 3. The summed E-state index contributed by atoms with van der Waals surface area (Å²) >= 11 is 0. The van der Waals surface area contributed by atoms with E-state index in [1.54, 1.807) is 0 Å². The Bertz CT molecular complexity index is 454. The number of nitrogens with zero attached hydrogens (tertiary/aromatic N) is 1. The van der Waals surface area contributed by atoms with Crippen LogP contribution in [0.5, 0.6) is 0 Å². The largest absolute Gasteiger partial charge is 0.461 e. The highest BCUT2D eigenvalue weighted by Crippen LogP contribution is 2.33. The molecule has 0 saturated carbocycles. The first-order chi connectivity index (χ1) is 14.9. The van der Waals surface area contributed by atoms with Gasteiger partial charge in [-0.15, -0.1) is 0 Å². The molecule has 0 bridgehead atoms. The van der Waals surface area contributed by atoms with Gasteiger partial charge in [-0.3, -0.25) is 4.79 Å². The Morgan fingerprint density at radius 3 is 1.94 bits per heavy atom. The summed E-state index contributed by atoms with van der Waals surface area (Å²) in [6.07, 6.45) is 20.3. The minimum Gasteiger partial charge on any atom is -0.461 e. The predicted octanol–water partition coefficient (Wildman–Crippen LogP) is 7.82. The van der Waals surface area contributed by atoms with Crippen molar-refractivity contribution in [1.29, 1.82) is 0 Å². The van der Waals surface area contributed by atoms with Gasteiger partial charge >= 0.3 is 5.97 Å². The van der Waals surface area contributed by atoms with Gasteiger partial charge in [0.25, 0.3) is 0 Å². The second-order valence-electron chi connectivity index (χ2n) is 10.7. The molecule has 1 aliphatic rings. The van der Waals surface area contributed by atoms with Gasteiger partial charge in [-0.2, -0.15) is 0 Å². The van der Waals surface area contributed by atoms with E-state index in [1.807, 2.05) is 0 Å². The van der Waals surface area contributed by atoms with E-state index in [2.05, 4.69) is 46.4 Å². The van der Waals surface area contributed by atoms with Gasteiger partial charge in [-0.05, 0) is 26.7 Å². The Morgan fingerprint density at radius 1 is 0.903 bits per heavy atom. The van der Waals surface area contributed by atoms with Crippen molar-refractivity contribution in [1.82, 2.24) is 4.81 Å². The Hall–Kier alpha value is -0.505. The monoisotopic (exact) mass is 435 g/mol. The molecule has 0 aromatic rings. The molecule has 2 unspecified atom stereocenters. The summed E-state index contributed by atoms with van der Waals surface area (Å²) in [4.78, 5) is 15.4. The van der Waals surface area contributed by atoms with Crippen LogP contribution in [-0.4, -0.2) is 35.9 Å². The lowest BCUT2D eigenvalue weighted by atomic mass is 9.65. The van der Waals surface area contributed by atoms with Crippen molar-refractivity contribution < 1.29 is 9.53 Å². The van der Waals surface area contributed by atoms with E-state index in [-0.39, 0.29) is 23.7 Å². The van der Waals surface area contributed by atoms with Crippen LogP contribution in [0.15, 0.2) is 0 Å². The van der Waals surface area contributed by atoms with Gasteiger partial charge in [0, 0.05) is 12.0 Å². The van der Waals surface area contributed by atoms with Crippen LogP contribution in [0.3, 0.4) is 0 Å². The fourth-order valence-corrected chi connectivity index (χ4v) is 5.07. The highest BCUT2D eigenvalue weighted by molar-refractivity contribution is 6.35. The van der Waals surface area contributed by atoms with Gasteiger partial charge in [0.1, 0.15) is 12.1 Å². The molecule has 1 rings (SSSR count). The van der Waals surface area contributed by atoms with Gasteiger partial charge in [-0.1, -0.05) is 117 Å². The average molecular weight is 436 g/mol. The van der Waals surface area contributed by atoms with E-state index in [0.29, 0.717) is 5.82 Å². The minimum absolute atomic E-state index is 0.0321. The predicted molar refractivity (Wildman–Crippen MR) is 137 cm³/mol. The third-order valence-electron chi connectivity index (χ3n) is 7.56. The first kappa shape index (κ1) is 28.5. The Labute approximate surface area is 195 Å². The Morgan fingerprint density at radius 2 is 1.45 bits per heavy atom. The van der Waals surface area contributed by atoms with E-state index in [9.17, 15) is 4.79 Å². The number of cyclic esters (lactones) is 1. The summed E-state index contributed by atoms with van der Waals surface area (Å²) in [5, 5.41) is 0. The number of hydrogen-bond donors (Lipinski definition) is 0. The Balaban J connectivity index is 2.80. The summed E-state index contributed by atoms with van der Waals surface area (Å²) < 4.78 is 5.79. The second kappa shape index (κ2) is 16.2. The quantitative estimate of drug-likeness (QED) is 0.118. The van der Waals surface area contributed by atoms with E-state index in [4.69, 9.17) is 4.74 Å². The summed E-state index contributed by atoms with van der Waals surface area (Å²) in [5.41, 5.74) is 0.0352. The molecule has 0 radical (unpaired) electrons. The lowest BCUT2D eigenvalue weighted by Crippen LogP contribution is -2.54. The molecule has 1 saturated heterocycles. The molecule has 4 heteroatoms. The molecule has 0 aromatic carbocycles. The van der Waals surface area contributed by atoms with Crippen LogP contribution in [0.25, 0.3) is 0 Å². The van der Waals surface area contributed by atoms with Gasteiger partial charge in [0.2, 0.25) is 7.41 Å². The van der Waals surface area contributed by atoms with Crippen LogP contribution < -0.4 is 0 Å². The van der Waals surface area contributed by atoms with E-state index in [0.717, 1.165) is 33.1 Å². The minimum atomic E-state index is -0.0471. The number of carbonyl (C=O) groups excluding carboxylic acids is 1. The van der Waals surface area contributed by atoms with Gasteiger partial charge in [0.15, 0.2) is 0 Å². The summed E-state index contributed by atoms with van der Waals surface area (Å²) in [7, 11) is 1.06. The molecule has 0 spiro atoms. The molecule has 1 heterocycles. The Kier molecular flexibility index (Phi) is 14.9. The molecular weight excluding hydrogens is 381 g/mol. The molecule has 2 atom stereocenters. The van der Waals surface area contributed by atoms with Crippen molar-refractivity contribution in [2.45, 2.75) is 168 Å². The molecule has 182 valence electrons. The van der Waals surface area contributed by atoms with Crippen LogP contribution >= 0.6 is 0 Å². The van der Waals surface area contributed by atoms with Crippen molar-refractivity contribution >= 4 is 13.4 Å². The van der Waals surface area contributed by atoms with Crippen LogP contribution in [0.1, 0.15) is 144 Å². The van der Waals surface area contributed by atoms with Crippen molar-refractivity contribution in [3.63, 3.8) is 0 Å². The zero-order chi connectivity index (χ0) is 23.1. The molecule has 0 aliphatic carbocycles. The van der Waals surface area contributed by atoms with Crippen molar-refractivity contribution in [2.24, 2.45) is 0 Å². The first-order valence-electron chi connectivity index (χ1n) is 13.9. The van der Waals surface area contributed by atoms with Crippen LogP contribution in [0, 0.1) is 0 Å². The lowest BCUT2D eigenvalue weighted by Gasteiger charge is -2.42. The van der Waals surface area contributed by atoms with Crippen LogP contribution in [-0.2, 0) is 9.53 Å². The maximum absolute atomic E-state index is 12.8. The fourth-order valence-electron chi connectivity index (χ4n) is 5.07. The number of unbranched alkanes of at least 4 members (excludes halogenated alkanes) is 8. The maximum Gasteiger partial charge on any atom is 0.322 e. The summed E-state index contributed by atoms with van der Waals surface area (Å²) in [6.45, 7) is 13.7. The van der Waals surface area contributed by atoms with E-state index < -0.39 is 0 Å². The number of esters is 1. The van der Waals surface area contributed by atoms with Crippen molar-refractivity contribution in [3.8, 4) is 0 Å². The third-order valence-corrected chi connectivity index (χ3v) is 7.56. The topological polar surface area (TPSA) is 29.5 Å². The molecule has 0 amide bonds.